The van der Waals surface area contributed by atoms with Crippen molar-refractivity contribution in [3.8, 4) is 0 Å². The lowest BCUT2D eigenvalue weighted by molar-refractivity contribution is -0.150. The third kappa shape index (κ3) is 3.22. The van der Waals surface area contributed by atoms with E-state index in [2.05, 4.69) is 26.8 Å². The molecule has 3 heteroatoms. The minimum Gasteiger partial charge on any atom is -0.469 e. The number of esters is 1. The first-order valence-electron chi connectivity index (χ1n) is 9.84. The van der Waals surface area contributed by atoms with E-state index in [0.717, 1.165) is 19.3 Å². The molecule has 5 atom stereocenters. The van der Waals surface area contributed by atoms with Gasteiger partial charge in [0, 0.05) is 11.8 Å². The molecule has 3 rings (SSSR count). The third-order valence-corrected chi connectivity index (χ3v) is 7.43. The van der Waals surface area contributed by atoms with Crippen LogP contribution < -0.4 is 0 Å². The van der Waals surface area contributed by atoms with Crippen LogP contribution in [0.2, 0.25) is 0 Å². The van der Waals surface area contributed by atoms with Gasteiger partial charge in [-0.05, 0) is 75.2 Å². The molecule has 0 aromatic heterocycles. The molecule has 0 aliphatic heterocycles. The molecule has 3 aliphatic carbocycles. The molecular formula is C22H32O3. The topological polar surface area (TPSA) is 43.4 Å². The van der Waals surface area contributed by atoms with Crippen molar-refractivity contribution in [3.05, 3.63) is 23.3 Å². The molecule has 138 valence electrons. The molecule has 0 spiro atoms. The third-order valence-electron chi connectivity index (χ3n) is 7.43. The lowest BCUT2D eigenvalue weighted by atomic mass is 9.50. The number of fused-ring (bicyclic) bond motifs is 1. The smallest absolute Gasteiger partial charge is 0.305 e. The number of allylic oxidation sites excluding steroid dienone is 4. The fourth-order valence-electron chi connectivity index (χ4n) is 5.82. The maximum atomic E-state index is 13.0. The van der Waals surface area contributed by atoms with Gasteiger partial charge in [-0.1, -0.05) is 31.1 Å². The minimum absolute atomic E-state index is 0.0829. The summed E-state index contributed by atoms with van der Waals surface area (Å²) < 4.78 is 5.00. The summed E-state index contributed by atoms with van der Waals surface area (Å²) in [5, 5.41) is 0. The summed E-state index contributed by atoms with van der Waals surface area (Å²) in [6, 6.07) is 0. The van der Waals surface area contributed by atoms with Gasteiger partial charge in [-0.2, -0.15) is 0 Å². The summed E-state index contributed by atoms with van der Waals surface area (Å²) in [5.74, 6) is 1.27. The van der Waals surface area contributed by atoms with Crippen molar-refractivity contribution in [2.24, 2.45) is 29.1 Å². The number of rotatable bonds is 4. The summed E-state index contributed by atoms with van der Waals surface area (Å²) in [6.07, 6.45) is 11.1. The number of methoxy groups -OCH3 is 1. The van der Waals surface area contributed by atoms with Crippen molar-refractivity contribution in [3.63, 3.8) is 0 Å². The van der Waals surface area contributed by atoms with Crippen LogP contribution in [0, 0.1) is 29.1 Å². The van der Waals surface area contributed by atoms with Gasteiger partial charge >= 0.3 is 5.97 Å². The van der Waals surface area contributed by atoms with Crippen LogP contribution in [0.3, 0.4) is 0 Å². The van der Waals surface area contributed by atoms with E-state index >= 15 is 0 Å². The van der Waals surface area contributed by atoms with E-state index in [1.54, 1.807) is 11.6 Å². The fraction of sp³-hybridized carbons (Fsp3) is 0.727. The van der Waals surface area contributed by atoms with Crippen molar-refractivity contribution in [1.29, 1.82) is 0 Å². The van der Waals surface area contributed by atoms with E-state index in [9.17, 15) is 9.59 Å². The van der Waals surface area contributed by atoms with Gasteiger partial charge in [0.15, 0.2) is 5.78 Å². The summed E-state index contributed by atoms with van der Waals surface area (Å²) in [4.78, 5) is 25.1. The number of hydrogen-bond donors (Lipinski definition) is 0. The van der Waals surface area contributed by atoms with E-state index in [1.807, 2.05) is 0 Å². The van der Waals surface area contributed by atoms with Crippen LogP contribution in [0.25, 0.3) is 0 Å². The first kappa shape index (κ1) is 18.4. The maximum Gasteiger partial charge on any atom is 0.305 e. The molecule has 3 aliphatic rings. The van der Waals surface area contributed by atoms with E-state index < -0.39 is 5.41 Å². The number of ether oxygens (including phenoxy) is 1. The molecular weight excluding hydrogens is 312 g/mol. The second-order valence-electron chi connectivity index (χ2n) is 8.64. The second-order valence-corrected chi connectivity index (χ2v) is 8.64. The van der Waals surface area contributed by atoms with Gasteiger partial charge in [-0.15, -0.1) is 0 Å². The van der Waals surface area contributed by atoms with E-state index in [-0.39, 0.29) is 17.7 Å². The maximum absolute atomic E-state index is 13.0. The van der Waals surface area contributed by atoms with E-state index in [4.69, 9.17) is 4.74 Å². The van der Waals surface area contributed by atoms with Gasteiger partial charge in [0.05, 0.1) is 7.11 Å². The van der Waals surface area contributed by atoms with E-state index in [0.29, 0.717) is 24.2 Å². The molecule has 1 fully saturated rings. The molecule has 0 saturated heterocycles. The van der Waals surface area contributed by atoms with Gasteiger partial charge in [-0.25, -0.2) is 0 Å². The summed E-state index contributed by atoms with van der Waals surface area (Å²) >= 11 is 0. The fourth-order valence-corrected chi connectivity index (χ4v) is 5.82. The molecule has 3 nitrogen and oxygen atoms in total. The SMILES string of the molecule is COC(=O)CC1C(CC2=C(C)CCC2)CCC2C(C)C=CC(=O)C21C. The summed E-state index contributed by atoms with van der Waals surface area (Å²) in [7, 11) is 1.45. The highest BCUT2D eigenvalue weighted by Gasteiger charge is 2.55. The Labute approximate surface area is 151 Å². The molecule has 5 unspecified atom stereocenters. The molecule has 0 aromatic rings. The molecule has 0 bridgehead atoms. The molecule has 0 aromatic carbocycles. The van der Waals surface area contributed by atoms with Crippen molar-refractivity contribution < 1.29 is 14.3 Å². The molecule has 0 N–H and O–H groups in total. The Morgan fingerprint density at radius 3 is 2.72 bits per heavy atom. The minimum atomic E-state index is -0.432. The van der Waals surface area contributed by atoms with Crippen molar-refractivity contribution >= 4 is 11.8 Å². The molecule has 25 heavy (non-hydrogen) atoms. The monoisotopic (exact) mass is 344 g/mol. The van der Waals surface area contributed by atoms with Gasteiger partial charge in [-0.3, -0.25) is 9.59 Å². The normalized spacial score (nSPS) is 38.0. The lowest BCUT2D eigenvalue weighted by Crippen LogP contribution is -2.52. The predicted molar refractivity (Wildman–Crippen MR) is 98.9 cm³/mol. The zero-order valence-corrected chi connectivity index (χ0v) is 16.1. The highest BCUT2D eigenvalue weighted by Crippen LogP contribution is 2.56. The Bertz CT molecular complexity index is 615. The highest BCUT2D eigenvalue weighted by atomic mass is 16.5. The van der Waals surface area contributed by atoms with Crippen LogP contribution in [-0.4, -0.2) is 18.9 Å². The first-order valence-corrected chi connectivity index (χ1v) is 9.84. The standard InChI is InChI=1S/C22H32O3/c1-14-6-5-7-16(14)12-17-9-10-18-15(2)8-11-20(23)22(18,3)19(17)13-21(24)25-4/h8,11,15,17-19H,5-7,9-10,12-13H2,1-4H3. The van der Waals surface area contributed by atoms with Gasteiger partial charge < -0.3 is 4.74 Å². The molecule has 0 amide bonds. The van der Waals surface area contributed by atoms with Crippen LogP contribution in [0.5, 0.6) is 0 Å². The number of carbonyl (C=O) groups is 2. The lowest BCUT2D eigenvalue weighted by Gasteiger charge is -2.53. The van der Waals surface area contributed by atoms with Crippen molar-refractivity contribution in [2.45, 2.75) is 65.7 Å². The van der Waals surface area contributed by atoms with Crippen molar-refractivity contribution in [2.75, 3.05) is 7.11 Å². The highest BCUT2D eigenvalue weighted by molar-refractivity contribution is 5.96. The molecule has 1 saturated carbocycles. The average Bonchev–Trinajstić information content (AvgIpc) is 2.99. The Balaban J connectivity index is 1.93. The average molecular weight is 344 g/mol. The zero-order chi connectivity index (χ0) is 18.2. The second kappa shape index (κ2) is 7.09. The molecule has 0 heterocycles. The predicted octanol–water partition coefficient (Wildman–Crippen LogP) is 4.86. The zero-order valence-electron chi connectivity index (χ0n) is 16.1. The van der Waals surface area contributed by atoms with Crippen LogP contribution in [0.4, 0.5) is 0 Å². The van der Waals surface area contributed by atoms with Crippen molar-refractivity contribution in [1.82, 2.24) is 0 Å². The van der Waals surface area contributed by atoms with Crippen LogP contribution in [0.1, 0.15) is 65.7 Å². The van der Waals surface area contributed by atoms with Gasteiger partial charge in [0.25, 0.3) is 0 Å². The Hall–Kier alpha value is -1.38. The summed E-state index contributed by atoms with van der Waals surface area (Å²) in [5.41, 5.74) is 2.68. The Morgan fingerprint density at radius 1 is 1.32 bits per heavy atom. The number of carbonyl (C=O) groups excluding carboxylic acids is 2. The largest absolute Gasteiger partial charge is 0.469 e. The first-order chi connectivity index (χ1) is 11.9. The Morgan fingerprint density at radius 2 is 2.08 bits per heavy atom. The summed E-state index contributed by atoms with van der Waals surface area (Å²) in [6.45, 7) is 6.59. The van der Waals surface area contributed by atoms with E-state index in [1.165, 1.54) is 31.9 Å². The quantitative estimate of drug-likeness (QED) is 0.540. The van der Waals surface area contributed by atoms with Crippen LogP contribution in [0.15, 0.2) is 23.3 Å². The van der Waals surface area contributed by atoms with Gasteiger partial charge in [0.1, 0.15) is 0 Å². The van der Waals surface area contributed by atoms with Crippen LogP contribution in [-0.2, 0) is 14.3 Å². The number of ketones is 1. The molecule has 0 radical (unpaired) electrons. The van der Waals surface area contributed by atoms with Crippen LogP contribution >= 0.6 is 0 Å². The Kier molecular flexibility index (Phi) is 5.22. The number of hydrogen-bond acceptors (Lipinski definition) is 3. The van der Waals surface area contributed by atoms with Gasteiger partial charge in [0.2, 0.25) is 0 Å².